The summed E-state index contributed by atoms with van der Waals surface area (Å²) in [5.74, 6) is 0.561. The highest BCUT2D eigenvalue weighted by molar-refractivity contribution is 5.51. The van der Waals surface area contributed by atoms with Crippen molar-refractivity contribution in [2.75, 3.05) is 7.11 Å². The summed E-state index contributed by atoms with van der Waals surface area (Å²) < 4.78 is 5.95. The van der Waals surface area contributed by atoms with Gasteiger partial charge in [0, 0.05) is 13.5 Å². The monoisotopic (exact) mass is 310 g/mol. The molecule has 0 aliphatic heterocycles. The van der Waals surface area contributed by atoms with E-state index in [1.54, 1.807) is 0 Å². The van der Waals surface area contributed by atoms with Crippen LogP contribution >= 0.6 is 0 Å². The molecule has 0 unspecified atom stereocenters. The van der Waals surface area contributed by atoms with Crippen LogP contribution < -0.4 is 0 Å². The van der Waals surface area contributed by atoms with Gasteiger partial charge in [0.05, 0.1) is 5.60 Å². The topological polar surface area (TPSA) is 26.3 Å². The molecule has 0 bridgehead atoms. The second-order valence-electron chi connectivity index (χ2n) is 8.13. The second-order valence-corrected chi connectivity index (χ2v) is 8.13. The molecule has 0 amide bonds. The second kappa shape index (κ2) is 9.70. The Hall–Kier alpha value is -0.370. The van der Waals surface area contributed by atoms with Crippen LogP contribution in [0, 0.1) is 11.3 Å². The molecular weight excluding hydrogens is 272 g/mol. The van der Waals surface area contributed by atoms with E-state index in [0.717, 1.165) is 12.7 Å². The summed E-state index contributed by atoms with van der Waals surface area (Å²) in [5.41, 5.74) is 0.0986. The van der Waals surface area contributed by atoms with Crippen molar-refractivity contribution in [2.45, 2.75) is 103 Å². The van der Waals surface area contributed by atoms with E-state index in [1.165, 1.54) is 64.2 Å². The van der Waals surface area contributed by atoms with E-state index >= 15 is 0 Å². The van der Waals surface area contributed by atoms with Crippen molar-refractivity contribution in [1.29, 1.82) is 0 Å². The maximum absolute atomic E-state index is 11.2. The summed E-state index contributed by atoms with van der Waals surface area (Å²) >= 11 is 0. The molecule has 2 nitrogen and oxygen atoms in total. The Morgan fingerprint density at radius 1 is 1.09 bits per heavy atom. The number of carbonyl (C=O) groups is 1. The van der Waals surface area contributed by atoms with Crippen LogP contribution in [0.15, 0.2) is 0 Å². The molecule has 0 radical (unpaired) electrons. The Morgan fingerprint density at radius 3 is 2.32 bits per heavy atom. The van der Waals surface area contributed by atoms with Crippen LogP contribution in [0.3, 0.4) is 0 Å². The summed E-state index contributed by atoms with van der Waals surface area (Å²) in [4.78, 5) is 11.2. The Labute approximate surface area is 138 Å². The fourth-order valence-corrected chi connectivity index (χ4v) is 4.33. The van der Waals surface area contributed by atoms with Crippen molar-refractivity contribution in [3.05, 3.63) is 0 Å². The Bertz CT molecular complexity index is 311. The Morgan fingerprint density at radius 2 is 1.73 bits per heavy atom. The first-order chi connectivity index (χ1) is 10.5. The highest BCUT2D eigenvalue weighted by atomic mass is 16.5. The van der Waals surface area contributed by atoms with Gasteiger partial charge in [-0.25, -0.2) is 0 Å². The molecule has 2 heteroatoms. The molecule has 0 saturated heterocycles. The van der Waals surface area contributed by atoms with Crippen molar-refractivity contribution >= 4 is 6.29 Å². The normalized spacial score (nSPS) is 27.7. The highest BCUT2D eigenvalue weighted by Crippen LogP contribution is 2.49. The zero-order valence-corrected chi connectivity index (χ0v) is 15.5. The standard InChI is InChI=1S/C20H38O2/c1-5-6-7-8-9-10-11-12-18-13-14-19(2,3)17-20(18,22-4)15-16-21/h16,18H,5-15,17H2,1-4H3/t18-,20+/m1/s1. The molecule has 22 heavy (non-hydrogen) atoms. The lowest BCUT2D eigenvalue weighted by molar-refractivity contribution is -0.135. The van der Waals surface area contributed by atoms with Gasteiger partial charge in [-0.15, -0.1) is 0 Å². The molecule has 1 rings (SSSR count). The van der Waals surface area contributed by atoms with E-state index in [9.17, 15) is 4.79 Å². The lowest BCUT2D eigenvalue weighted by Gasteiger charge is -2.49. The third-order valence-corrected chi connectivity index (χ3v) is 5.68. The van der Waals surface area contributed by atoms with Gasteiger partial charge >= 0.3 is 0 Å². The number of aldehydes is 1. The van der Waals surface area contributed by atoms with Gasteiger partial charge in [-0.3, -0.25) is 0 Å². The number of hydrogen-bond acceptors (Lipinski definition) is 2. The summed E-state index contributed by atoms with van der Waals surface area (Å²) in [7, 11) is 1.81. The molecule has 1 fully saturated rings. The van der Waals surface area contributed by atoms with Gasteiger partial charge in [0.2, 0.25) is 0 Å². The maximum Gasteiger partial charge on any atom is 0.122 e. The van der Waals surface area contributed by atoms with Gasteiger partial charge in [0.25, 0.3) is 0 Å². The van der Waals surface area contributed by atoms with Gasteiger partial charge in [-0.1, -0.05) is 65.7 Å². The highest BCUT2D eigenvalue weighted by Gasteiger charge is 2.46. The molecule has 0 N–H and O–H groups in total. The van der Waals surface area contributed by atoms with Crippen LogP contribution in [0.2, 0.25) is 0 Å². The number of hydrogen-bond donors (Lipinski definition) is 0. The minimum Gasteiger partial charge on any atom is -0.377 e. The van der Waals surface area contributed by atoms with Gasteiger partial charge in [0.15, 0.2) is 0 Å². The first-order valence-electron chi connectivity index (χ1n) is 9.48. The molecule has 1 saturated carbocycles. The van der Waals surface area contributed by atoms with E-state index in [1.807, 2.05) is 7.11 Å². The lowest BCUT2D eigenvalue weighted by atomic mass is 9.62. The average Bonchev–Trinajstić information content (AvgIpc) is 2.48. The molecular formula is C20H38O2. The van der Waals surface area contributed by atoms with Crippen molar-refractivity contribution in [1.82, 2.24) is 0 Å². The summed E-state index contributed by atoms with van der Waals surface area (Å²) in [6.45, 7) is 6.90. The van der Waals surface area contributed by atoms with Crippen LogP contribution in [0.5, 0.6) is 0 Å². The van der Waals surface area contributed by atoms with Gasteiger partial charge in [0.1, 0.15) is 6.29 Å². The fraction of sp³-hybridized carbons (Fsp3) is 0.950. The van der Waals surface area contributed by atoms with Crippen molar-refractivity contribution in [2.24, 2.45) is 11.3 Å². The molecule has 0 aromatic carbocycles. The van der Waals surface area contributed by atoms with Gasteiger partial charge in [-0.05, 0) is 37.0 Å². The van der Waals surface area contributed by atoms with E-state index in [-0.39, 0.29) is 5.60 Å². The van der Waals surface area contributed by atoms with Gasteiger partial charge < -0.3 is 9.53 Å². The molecule has 0 heterocycles. The number of carbonyl (C=O) groups excluding carboxylic acids is 1. The van der Waals surface area contributed by atoms with E-state index in [4.69, 9.17) is 4.74 Å². The third-order valence-electron chi connectivity index (χ3n) is 5.68. The minimum absolute atomic E-state index is 0.203. The molecule has 0 spiro atoms. The van der Waals surface area contributed by atoms with E-state index in [0.29, 0.717) is 17.8 Å². The van der Waals surface area contributed by atoms with Crippen LogP contribution in [0.4, 0.5) is 0 Å². The number of methoxy groups -OCH3 is 1. The largest absolute Gasteiger partial charge is 0.377 e. The molecule has 2 atom stereocenters. The zero-order chi connectivity index (χ0) is 16.5. The number of unbranched alkanes of at least 4 members (excludes halogenated alkanes) is 6. The summed E-state index contributed by atoms with van der Waals surface area (Å²) in [6, 6.07) is 0. The first kappa shape index (κ1) is 19.7. The fourth-order valence-electron chi connectivity index (χ4n) is 4.33. The quantitative estimate of drug-likeness (QED) is 0.349. The predicted octanol–water partition coefficient (Wildman–Crippen LogP) is 5.93. The molecule has 0 aromatic heterocycles. The van der Waals surface area contributed by atoms with Crippen LogP contribution in [0.25, 0.3) is 0 Å². The Balaban J connectivity index is 2.43. The summed E-state index contributed by atoms with van der Waals surface area (Å²) in [6.07, 6.45) is 15.8. The number of rotatable bonds is 11. The molecule has 0 aromatic rings. The SMILES string of the molecule is CCCCCCCCC[C@@H]1CCC(C)(C)C[C@]1(CC=O)OC. The van der Waals surface area contributed by atoms with E-state index in [2.05, 4.69) is 20.8 Å². The molecule has 1 aliphatic carbocycles. The van der Waals surface area contributed by atoms with Crippen LogP contribution in [-0.4, -0.2) is 19.0 Å². The smallest absolute Gasteiger partial charge is 0.122 e. The van der Waals surface area contributed by atoms with Crippen molar-refractivity contribution < 1.29 is 9.53 Å². The van der Waals surface area contributed by atoms with Crippen molar-refractivity contribution in [3.63, 3.8) is 0 Å². The van der Waals surface area contributed by atoms with Gasteiger partial charge in [-0.2, -0.15) is 0 Å². The summed E-state index contributed by atoms with van der Waals surface area (Å²) in [5, 5.41) is 0. The lowest BCUT2D eigenvalue weighted by Crippen LogP contribution is -2.48. The maximum atomic E-state index is 11.2. The average molecular weight is 311 g/mol. The van der Waals surface area contributed by atoms with E-state index < -0.39 is 0 Å². The third kappa shape index (κ3) is 6.02. The van der Waals surface area contributed by atoms with Crippen LogP contribution in [0.1, 0.15) is 97.8 Å². The van der Waals surface area contributed by atoms with Crippen molar-refractivity contribution in [3.8, 4) is 0 Å². The Kier molecular flexibility index (Phi) is 8.67. The number of ether oxygens (including phenoxy) is 1. The molecule has 130 valence electrons. The first-order valence-corrected chi connectivity index (χ1v) is 9.48. The minimum atomic E-state index is -0.203. The molecule has 1 aliphatic rings. The van der Waals surface area contributed by atoms with Crippen LogP contribution in [-0.2, 0) is 9.53 Å². The zero-order valence-electron chi connectivity index (χ0n) is 15.5. The predicted molar refractivity (Wildman–Crippen MR) is 94.2 cm³/mol.